The van der Waals surface area contributed by atoms with Gasteiger partial charge in [-0.2, -0.15) is 0 Å². The Bertz CT molecular complexity index is 316. The van der Waals surface area contributed by atoms with Crippen molar-refractivity contribution in [1.29, 1.82) is 0 Å². The summed E-state index contributed by atoms with van der Waals surface area (Å²) >= 11 is 0. The van der Waals surface area contributed by atoms with Gasteiger partial charge in [-0.3, -0.25) is 14.5 Å². The molecule has 2 atom stereocenters. The topological polar surface area (TPSA) is 70.7 Å². The molecule has 6 nitrogen and oxygen atoms in total. The van der Waals surface area contributed by atoms with Crippen molar-refractivity contribution in [1.82, 2.24) is 15.5 Å². The van der Waals surface area contributed by atoms with Gasteiger partial charge in [0, 0.05) is 38.6 Å². The van der Waals surface area contributed by atoms with Crippen LogP contribution in [0.25, 0.3) is 0 Å². The molecule has 2 aliphatic rings. The average molecular weight is 255 g/mol. The highest BCUT2D eigenvalue weighted by molar-refractivity contribution is 5.89. The Morgan fingerprint density at radius 3 is 2.89 bits per heavy atom. The summed E-state index contributed by atoms with van der Waals surface area (Å²) in [7, 11) is 0. The van der Waals surface area contributed by atoms with Crippen LogP contribution in [0.15, 0.2) is 0 Å². The minimum atomic E-state index is -0.204. The number of hydrogen-bond donors (Lipinski definition) is 2. The SMILES string of the molecule is CC(CN1CCOCC1)NC(=O)C1CNC(=O)C1. The second-order valence-corrected chi connectivity index (χ2v) is 5.03. The molecule has 2 fully saturated rings. The van der Waals surface area contributed by atoms with Gasteiger partial charge in [0.25, 0.3) is 0 Å². The number of carbonyl (C=O) groups excluding carboxylic acids is 2. The highest BCUT2D eigenvalue weighted by Crippen LogP contribution is 2.09. The minimum absolute atomic E-state index is 0.0193. The first-order valence-corrected chi connectivity index (χ1v) is 6.52. The summed E-state index contributed by atoms with van der Waals surface area (Å²) in [6.45, 7) is 6.67. The molecule has 6 heteroatoms. The molecular weight excluding hydrogens is 234 g/mol. The zero-order valence-electron chi connectivity index (χ0n) is 10.8. The molecule has 2 amide bonds. The number of nitrogens with zero attached hydrogens (tertiary/aromatic N) is 1. The van der Waals surface area contributed by atoms with Gasteiger partial charge in [-0.05, 0) is 6.92 Å². The van der Waals surface area contributed by atoms with Crippen LogP contribution in [0.5, 0.6) is 0 Å². The first-order valence-electron chi connectivity index (χ1n) is 6.52. The second-order valence-electron chi connectivity index (χ2n) is 5.03. The number of carbonyl (C=O) groups is 2. The maximum Gasteiger partial charge on any atom is 0.225 e. The van der Waals surface area contributed by atoms with E-state index in [4.69, 9.17) is 4.74 Å². The largest absolute Gasteiger partial charge is 0.379 e. The summed E-state index contributed by atoms with van der Waals surface area (Å²) in [5.41, 5.74) is 0. The van der Waals surface area contributed by atoms with Crippen molar-refractivity contribution in [2.45, 2.75) is 19.4 Å². The third-order valence-electron chi connectivity index (χ3n) is 3.37. The summed E-state index contributed by atoms with van der Waals surface area (Å²) in [4.78, 5) is 25.2. The number of amides is 2. The maximum atomic E-state index is 11.9. The average Bonchev–Trinajstić information content (AvgIpc) is 2.77. The van der Waals surface area contributed by atoms with Gasteiger partial charge in [-0.1, -0.05) is 0 Å². The van der Waals surface area contributed by atoms with E-state index in [9.17, 15) is 9.59 Å². The Morgan fingerprint density at radius 2 is 2.28 bits per heavy atom. The molecule has 0 aromatic carbocycles. The number of nitrogens with one attached hydrogen (secondary N) is 2. The third-order valence-corrected chi connectivity index (χ3v) is 3.37. The zero-order chi connectivity index (χ0) is 13.0. The lowest BCUT2D eigenvalue weighted by molar-refractivity contribution is -0.127. The van der Waals surface area contributed by atoms with Crippen LogP contribution < -0.4 is 10.6 Å². The van der Waals surface area contributed by atoms with Crippen molar-refractivity contribution in [3.63, 3.8) is 0 Å². The van der Waals surface area contributed by atoms with Gasteiger partial charge < -0.3 is 15.4 Å². The molecule has 2 unspecified atom stereocenters. The zero-order valence-corrected chi connectivity index (χ0v) is 10.8. The number of hydrogen-bond acceptors (Lipinski definition) is 4. The Balaban J connectivity index is 1.71. The lowest BCUT2D eigenvalue weighted by atomic mass is 10.1. The Hall–Kier alpha value is -1.14. The monoisotopic (exact) mass is 255 g/mol. The van der Waals surface area contributed by atoms with Crippen LogP contribution in [0.1, 0.15) is 13.3 Å². The van der Waals surface area contributed by atoms with Crippen LogP contribution in [0.3, 0.4) is 0 Å². The highest BCUT2D eigenvalue weighted by Gasteiger charge is 2.28. The van der Waals surface area contributed by atoms with Crippen LogP contribution in [-0.4, -0.2) is 62.1 Å². The van der Waals surface area contributed by atoms with Gasteiger partial charge in [-0.25, -0.2) is 0 Å². The smallest absolute Gasteiger partial charge is 0.225 e. The van der Waals surface area contributed by atoms with E-state index in [0.29, 0.717) is 13.0 Å². The fraction of sp³-hybridized carbons (Fsp3) is 0.833. The predicted molar refractivity (Wildman–Crippen MR) is 66.0 cm³/mol. The third kappa shape index (κ3) is 3.68. The van der Waals surface area contributed by atoms with Gasteiger partial charge in [0.2, 0.25) is 11.8 Å². The molecule has 2 saturated heterocycles. The standard InChI is InChI=1S/C12H21N3O3/c1-9(8-15-2-4-18-5-3-15)14-12(17)10-6-11(16)13-7-10/h9-10H,2-8H2,1H3,(H,13,16)(H,14,17). The minimum Gasteiger partial charge on any atom is -0.379 e. The molecule has 0 aromatic heterocycles. The van der Waals surface area contributed by atoms with E-state index < -0.39 is 0 Å². The molecule has 18 heavy (non-hydrogen) atoms. The van der Waals surface area contributed by atoms with Crippen molar-refractivity contribution in [3.8, 4) is 0 Å². The van der Waals surface area contributed by atoms with Gasteiger partial charge in [0.05, 0.1) is 19.1 Å². The molecule has 0 aromatic rings. The van der Waals surface area contributed by atoms with Crippen LogP contribution in [0, 0.1) is 5.92 Å². The summed E-state index contributed by atoms with van der Waals surface area (Å²) in [6.07, 6.45) is 0.316. The fourth-order valence-electron chi connectivity index (χ4n) is 2.37. The highest BCUT2D eigenvalue weighted by atomic mass is 16.5. The van der Waals surface area contributed by atoms with Crippen LogP contribution >= 0.6 is 0 Å². The molecule has 0 bridgehead atoms. The van der Waals surface area contributed by atoms with E-state index >= 15 is 0 Å². The van der Waals surface area contributed by atoms with E-state index in [1.165, 1.54) is 0 Å². The van der Waals surface area contributed by atoms with Gasteiger partial charge in [0.15, 0.2) is 0 Å². The molecule has 2 rings (SSSR count). The van der Waals surface area contributed by atoms with Gasteiger partial charge >= 0.3 is 0 Å². The number of ether oxygens (including phenoxy) is 1. The van der Waals surface area contributed by atoms with Crippen LogP contribution in [-0.2, 0) is 14.3 Å². The van der Waals surface area contributed by atoms with Crippen molar-refractivity contribution in [3.05, 3.63) is 0 Å². The summed E-state index contributed by atoms with van der Waals surface area (Å²) in [5, 5.41) is 5.65. The summed E-state index contributed by atoms with van der Waals surface area (Å²) in [6, 6.07) is 0.103. The quantitative estimate of drug-likeness (QED) is 0.673. The van der Waals surface area contributed by atoms with Crippen molar-refractivity contribution in [2.24, 2.45) is 5.92 Å². The first-order chi connectivity index (χ1) is 8.65. The Morgan fingerprint density at radius 1 is 1.56 bits per heavy atom. The van der Waals surface area contributed by atoms with Gasteiger partial charge in [0.1, 0.15) is 0 Å². The first kappa shape index (κ1) is 13.3. The second kappa shape index (κ2) is 6.15. The van der Waals surface area contributed by atoms with Crippen LogP contribution in [0.4, 0.5) is 0 Å². The molecule has 2 aliphatic heterocycles. The summed E-state index contributed by atoms with van der Waals surface area (Å²) in [5.74, 6) is -0.255. The fourth-order valence-corrected chi connectivity index (χ4v) is 2.37. The number of morpholine rings is 1. The van der Waals surface area contributed by atoms with E-state index in [-0.39, 0.29) is 23.8 Å². The van der Waals surface area contributed by atoms with Gasteiger partial charge in [-0.15, -0.1) is 0 Å². The Kier molecular flexibility index (Phi) is 4.54. The molecular formula is C12H21N3O3. The van der Waals surface area contributed by atoms with Crippen molar-refractivity contribution >= 4 is 11.8 Å². The maximum absolute atomic E-state index is 11.9. The molecule has 0 radical (unpaired) electrons. The van der Waals surface area contributed by atoms with Crippen LogP contribution in [0.2, 0.25) is 0 Å². The predicted octanol–water partition coefficient (Wildman–Crippen LogP) is -1.04. The van der Waals surface area contributed by atoms with E-state index in [2.05, 4.69) is 15.5 Å². The molecule has 2 heterocycles. The lowest BCUT2D eigenvalue weighted by Crippen LogP contribution is -2.47. The lowest BCUT2D eigenvalue weighted by Gasteiger charge is -2.29. The van der Waals surface area contributed by atoms with E-state index in [1.54, 1.807) is 0 Å². The molecule has 0 saturated carbocycles. The molecule has 0 spiro atoms. The Labute approximate surface area is 107 Å². The van der Waals surface area contributed by atoms with Crippen molar-refractivity contribution < 1.29 is 14.3 Å². The van der Waals surface area contributed by atoms with E-state index in [0.717, 1.165) is 32.8 Å². The summed E-state index contributed by atoms with van der Waals surface area (Å²) < 4.78 is 5.28. The van der Waals surface area contributed by atoms with Crippen molar-refractivity contribution in [2.75, 3.05) is 39.4 Å². The normalized spacial score (nSPS) is 26.7. The molecule has 0 aliphatic carbocycles. The van der Waals surface area contributed by atoms with E-state index in [1.807, 2.05) is 6.92 Å². The molecule has 102 valence electrons. The number of rotatable bonds is 4. The molecule has 2 N–H and O–H groups in total.